The Labute approximate surface area is 146 Å². The lowest BCUT2D eigenvalue weighted by molar-refractivity contribution is -0.130. The summed E-state index contributed by atoms with van der Waals surface area (Å²) in [4.78, 5) is 18.3. The molecular weight excluding hydrogens is 332 g/mol. The first-order chi connectivity index (χ1) is 11.2. The van der Waals surface area contributed by atoms with E-state index in [9.17, 15) is 4.79 Å². The van der Waals surface area contributed by atoms with Crippen molar-refractivity contribution in [2.24, 2.45) is 0 Å². The summed E-state index contributed by atoms with van der Waals surface area (Å²) in [6.07, 6.45) is 10.4. The summed E-state index contributed by atoms with van der Waals surface area (Å²) in [5.74, 6) is 1.50. The molecule has 1 atom stereocenters. The van der Waals surface area contributed by atoms with Gasteiger partial charge in [-0.15, -0.1) is 11.8 Å². The number of piperidine rings is 1. The maximum absolute atomic E-state index is 12.4. The fourth-order valence-corrected chi connectivity index (χ4v) is 4.63. The molecule has 1 amide bonds. The van der Waals surface area contributed by atoms with E-state index in [1.165, 1.54) is 25.7 Å². The molecule has 1 aromatic rings. The zero-order valence-electron chi connectivity index (χ0n) is 13.2. The van der Waals surface area contributed by atoms with Crippen molar-refractivity contribution >= 4 is 29.3 Å². The number of aromatic nitrogens is 1. The van der Waals surface area contributed by atoms with Gasteiger partial charge in [0.05, 0.1) is 12.3 Å². The summed E-state index contributed by atoms with van der Waals surface area (Å²) in [5.41, 5.74) is 0. The summed E-state index contributed by atoms with van der Waals surface area (Å²) in [6, 6.07) is 1.78. The minimum Gasteiger partial charge on any atom is -0.487 e. The van der Waals surface area contributed by atoms with Crippen LogP contribution in [0.2, 0.25) is 5.02 Å². The predicted octanol–water partition coefficient (Wildman–Crippen LogP) is 3.78. The first-order valence-electron chi connectivity index (χ1n) is 8.38. The Morgan fingerprint density at radius 1 is 1.35 bits per heavy atom. The number of ether oxygens (including phenoxy) is 1. The summed E-state index contributed by atoms with van der Waals surface area (Å²) in [6.45, 7) is 1.50. The van der Waals surface area contributed by atoms with Gasteiger partial charge in [-0.1, -0.05) is 24.4 Å². The lowest BCUT2D eigenvalue weighted by atomic mass is 10.1. The molecule has 2 fully saturated rings. The fraction of sp³-hybridized carbons (Fsp3) is 0.647. The van der Waals surface area contributed by atoms with E-state index in [-0.39, 0.29) is 12.0 Å². The highest BCUT2D eigenvalue weighted by Crippen LogP contribution is 2.30. The number of halogens is 1. The number of hydrogen-bond donors (Lipinski definition) is 0. The van der Waals surface area contributed by atoms with Crippen molar-refractivity contribution in [3.63, 3.8) is 0 Å². The van der Waals surface area contributed by atoms with Crippen LogP contribution in [0, 0.1) is 0 Å². The van der Waals surface area contributed by atoms with Crippen molar-refractivity contribution in [2.45, 2.75) is 49.9 Å². The van der Waals surface area contributed by atoms with E-state index in [0.717, 1.165) is 19.4 Å². The van der Waals surface area contributed by atoms with E-state index < -0.39 is 0 Å². The van der Waals surface area contributed by atoms with Gasteiger partial charge >= 0.3 is 0 Å². The lowest BCUT2D eigenvalue weighted by Gasteiger charge is -2.33. The number of carbonyl (C=O) groups is 1. The molecule has 1 saturated carbocycles. The van der Waals surface area contributed by atoms with E-state index >= 15 is 0 Å². The van der Waals surface area contributed by atoms with Crippen LogP contribution in [0.4, 0.5) is 0 Å². The van der Waals surface area contributed by atoms with Crippen LogP contribution in [-0.2, 0) is 4.79 Å². The molecule has 23 heavy (non-hydrogen) atoms. The molecule has 4 nitrogen and oxygen atoms in total. The second-order valence-corrected chi connectivity index (χ2v) is 7.94. The summed E-state index contributed by atoms with van der Waals surface area (Å²) in [5, 5.41) is 1.21. The molecule has 0 aromatic carbocycles. The molecule has 6 heteroatoms. The van der Waals surface area contributed by atoms with Gasteiger partial charge in [-0.05, 0) is 25.7 Å². The van der Waals surface area contributed by atoms with Crippen LogP contribution in [0.25, 0.3) is 0 Å². The van der Waals surface area contributed by atoms with Crippen molar-refractivity contribution in [1.82, 2.24) is 9.88 Å². The number of hydrogen-bond acceptors (Lipinski definition) is 4. The van der Waals surface area contributed by atoms with Gasteiger partial charge in [-0.2, -0.15) is 0 Å². The highest BCUT2D eigenvalue weighted by atomic mass is 35.5. The van der Waals surface area contributed by atoms with Crippen LogP contribution < -0.4 is 4.74 Å². The van der Waals surface area contributed by atoms with Crippen LogP contribution >= 0.6 is 23.4 Å². The van der Waals surface area contributed by atoms with E-state index in [2.05, 4.69) is 4.98 Å². The average Bonchev–Trinajstić information content (AvgIpc) is 3.08. The lowest BCUT2D eigenvalue weighted by Crippen LogP contribution is -2.45. The Kier molecular flexibility index (Phi) is 6.06. The first-order valence-corrected chi connectivity index (χ1v) is 9.80. The first kappa shape index (κ1) is 16.9. The number of rotatable bonds is 5. The van der Waals surface area contributed by atoms with Crippen molar-refractivity contribution in [3.05, 3.63) is 23.5 Å². The van der Waals surface area contributed by atoms with E-state index in [4.69, 9.17) is 16.3 Å². The Balaban J connectivity index is 1.49. The second-order valence-electron chi connectivity index (χ2n) is 6.25. The monoisotopic (exact) mass is 354 g/mol. The Hall–Kier alpha value is -0.940. The van der Waals surface area contributed by atoms with Crippen LogP contribution in [0.5, 0.6) is 5.75 Å². The molecule has 2 heterocycles. The van der Waals surface area contributed by atoms with E-state index in [1.54, 1.807) is 18.5 Å². The summed E-state index contributed by atoms with van der Waals surface area (Å²) >= 11 is 7.93. The fourth-order valence-electron chi connectivity index (χ4n) is 3.23. The number of carbonyl (C=O) groups excluding carboxylic acids is 1. The van der Waals surface area contributed by atoms with Gasteiger partial charge in [-0.3, -0.25) is 9.78 Å². The molecule has 1 aromatic heterocycles. The molecule has 1 saturated heterocycles. The molecular formula is C17H23ClN2O2S. The minimum atomic E-state index is 0.0177. The molecule has 1 aliphatic carbocycles. The number of nitrogens with zero attached hydrogens (tertiary/aromatic N) is 2. The summed E-state index contributed by atoms with van der Waals surface area (Å²) < 4.78 is 5.97. The van der Waals surface area contributed by atoms with Gasteiger partial charge in [-0.25, -0.2) is 0 Å². The molecule has 2 aliphatic rings. The maximum Gasteiger partial charge on any atom is 0.232 e. The third-order valence-electron chi connectivity index (χ3n) is 4.50. The van der Waals surface area contributed by atoms with Crippen LogP contribution in [0.1, 0.15) is 38.5 Å². The Bertz CT molecular complexity index is 537. The van der Waals surface area contributed by atoms with Gasteiger partial charge < -0.3 is 9.64 Å². The topological polar surface area (TPSA) is 42.4 Å². The van der Waals surface area contributed by atoms with Gasteiger partial charge in [0, 0.05) is 30.3 Å². The highest BCUT2D eigenvalue weighted by Gasteiger charge is 2.26. The van der Waals surface area contributed by atoms with Gasteiger partial charge in [0.15, 0.2) is 0 Å². The normalized spacial score (nSPS) is 22.3. The molecule has 0 radical (unpaired) electrons. The Morgan fingerprint density at radius 2 is 2.17 bits per heavy atom. The van der Waals surface area contributed by atoms with Gasteiger partial charge in [0.1, 0.15) is 16.9 Å². The second kappa shape index (κ2) is 8.25. The molecule has 0 bridgehead atoms. The number of thioether (sulfide) groups is 1. The third kappa shape index (κ3) is 4.77. The minimum absolute atomic E-state index is 0.0177. The van der Waals surface area contributed by atoms with Gasteiger partial charge in [0.2, 0.25) is 5.91 Å². The molecule has 3 rings (SSSR count). The largest absolute Gasteiger partial charge is 0.487 e. The molecule has 126 valence electrons. The smallest absolute Gasteiger partial charge is 0.232 e. The number of likely N-dealkylation sites (tertiary alicyclic amines) is 1. The van der Waals surface area contributed by atoms with Crippen molar-refractivity contribution < 1.29 is 9.53 Å². The quantitative estimate of drug-likeness (QED) is 0.807. The van der Waals surface area contributed by atoms with Gasteiger partial charge in [0.25, 0.3) is 0 Å². The Morgan fingerprint density at radius 3 is 2.96 bits per heavy atom. The standard InChI is InChI=1S/C17H23ClN2O2S/c18-15-10-19-8-7-16(15)22-13-4-3-9-20(11-13)17(21)12-23-14-5-1-2-6-14/h7-8,10,13-14H,1-6,9,11-12H2. The predicted molar refractivity (Wildman–Crippen MR) is 94.2 cm³/mol. The molecule has 0 N–H and O–H groups in total. The molecule has 0 spiro atoms. The highest BCUT2D eigenvalue weighted by molar-refractivity contribution is 8.00. The molecule has 1 aliphatic heterocycles. The third-order valence-corrected chi connectivity index (χ3v) is 6.14. The van der Waals surface area contributed by atoms with E-state index in [1.807, 2.05) is 16.7 Å². The van der Waals surface area contributed by atoms with Crippen LogP contribution in [-0.4, -0.2) is 46.0 Å². The zero-order valence-corrected chi connectivity index (χ0v) is 14.8. The SMILES string of the molecule is O=C(CSC1CCCC1)N1CCCC(Oc2ccncc2Cl)C1. The number of amides is 1. The number of pyridine rings is 1. The van der Waals surface area contributed by atoms with Crippen LogP contribution in [0.3, 0.4) is 0 Å². The van der Waals surface area contributed by atoms with Crippen LogP contribution in [0.15, 0.2) is 18.5 Å². The zero-order chi connectivity index (χ0) is 16.1. The maximum atomic E-state index is 12.4. The van der Waals surface area contributed by atoms with Crippen molar-refractivity contribution in [2.75, 3.05) is 18.8 Å². The van der Waals surface area contributed by atoms with Crippen molar-refractivity contribution in [1.29, 1.82) is 0 Å². The molecule has 1 unspecified atom stereocenters. The average molecular weight is 355 g/mol. The summed E-state index contributed by atoms with van der Waals surface area (Å²) in [7, 11) is 0. The van der Waals surface area contributed by atoms with Crippen molar-refractivity contribution in [3.8, 4) is 5.75 Å². The van der Waals surface area contributed by atoms with E-state index in [0.29, 0.717) is 28.3 Å².